The molecule has 0 rings (SSSR count). The molecule has 0 saturated heterocycles. The van der Waals surface area contributed by atoms with E-state index in [9.17, 15) is 14.4 Å². The number of primary amides is 1. The molecular formula is C16H26N2O3. The van der Waals surface area contributed by atoms with Crippen molar-refractivity contribution in [3.05, 3.63) is 0 Å². The quantitative estimate of drug-likeness (QED) is 0.424. The van der Waals surface area contributed by atoms with Crippen molar-refractivity contribution in [2.75, 3.05) is 0 Å². The third kappa shape index (κ3) is 10.6. The van der Waals surface area contributed by atoms with Crippen molar-refractivity contribution in [3.63, 3.8) is 0 Å². The topological polar surface area (TPSA) is 89.3 Å². The van der Waals surface area contributed by atoms with Gasteiger partial charge in [0, 0.05) is 25.7 Å². The number of Topliss-reactive ketones (excluding diaryl/α,β-unsaturated/α-hetero) is 1. The second kappa shape index (κ2) is 12.0. The average Bonchev–Trinajstić information content (AvgIpc) is 2.44. The summed E-state index contributed by atoms with van der Waals surface area (Å²) in [6, 6.07) is -0.896. The predicted molar refractivity (Wildman–Crippen MR) is 82.2 cm³/mol. The summed E-state index contributed by atoms with van der Waals surface area (Å²) in [6.45, 7) is 1.97. The van der Waals surface area contributed by atoms with Crippen LogP contribution >= 0.6 is 0 Å². The fraction of sp³-hybridized carbons (Fsp3) is 0.688. The van der Waals surface area contributed by atoms with Gasteiger partial charge in [0.1, 0.15) is 11.8 Å². The molecule has 118 valence electrons. The zero-order valence-corrected chi connectivity index (χ0v) is 12.8. The summed E-state index contributed by atoms with van der Waals surface area (Å²) >= 11 is 0. The zero-order valence-electron chi connectivity index (χ0n) is 12.8. The Morgan fingerprint density at radius 2 is 1.86 bits per heavy atom. The van der Waals surface area contributed by atoms with Crippen LogP contribution in [0.4, 0.5) is 0 Å². The van der Waals surface area contributed by atoms with Gasteiger partial charge in [-0.1, -0.05) is 19.8 Å². The minimum atomic E-state index is -0.896. The lowest BCUT2D eigenvalue weighted by Gasteiger charge is -2.14. The van der Waals surface area contributed by atoms with Crippen molar-refractivity contribution in [1.29, 1.82) is 0 Å². The van der Waals surface area contributed by atoms with Gasteiger partial charge < -0.3 is 11.1 Å². The SMILES string of the molecule is C#CCCCCCC(=O)CC(NC(=O)CCCC)C(N)=O. The van der Waals surface area contributed by atoms with Crippen molar-refractivity contribution in [2.45, 2.75) is 70.8 Å². The standard InChI is InChI=1S/C16H26N2O3/c1-3-5-7-8-9-10-13(19)12-14(16(17)21)18-15(20)11-6-4-2/h1,14H,4-12H2,2H3,(H2,17,21)(H,18,20). The van der Waals surface area contributed by atoms with E-state index < -0.39 is 11.9 Å². The van der Waals surface area contributed by atoms with E-state index in [1.54, 1.807) is 0 Å². The van der Waals surface area contributed by atoms with Crippen LogP contribution < -0.4 is 11.1 Å². The van der Waals surface area contributed by atoms with E-state index in [0.29, 0.717) is 19.3 Å². The smallest absolute Gasteiger partial charge is 0.240 e. The van der Waals surface area contributed by atoms with E-state index >= 15 is 0 Å². The molecule has 0 aliphatic heterocycles. The zero-order chi connectivity index (χ0) is 16.1. The molecule has 21 heavy (non-hydrogen) atoms. The normalized spacial score (nSPS) is 11.4. The molecule has 5 nitrogen and oxygen atoms in total. The molecule has 3 N–H and O–H groups in total. The van der Waals surface area contributed by atoms with Crippen molar-refractivity contribution < 1.29 is 14.4 Å². The van der Waals surface area contributed by atoms with E-state index in [0.717, 1.165) is 32.1 Å². The highest BCUT2D eigenvalue weighted by molar-refractivity contribution is 5.91. The summed E-state index contributed by atoms with van der Waals surface area (Å²) in [7, 11) is 0. The van der Waals surface area contributed by atoms with E-state index in [1.807, 2.05) is 6.92 Å². The molecular weight excluding hydrogens is 268 g/mol. The molecule has 0 aliphatic carbocycles. The molecule has 0 spiro atoms. The van der Waals surface area contributed by atoms with Crippen LogP contribution in [0.25, 0.3) is 0 Å². The first kappa shape index (κ1) is 19.2. The monoisotopic (exact) mass is 294 g/mol. The Labute approximate surface area is 127 Å². The Morgan fingerprint density at radius 1 is 1.14 bits per heavy atom. The van der Waals surface area contributed by atoms with Gasteiger partial charge in [-0.3, -0.25) is 14.4 Å². The van der Waals surface area contributed by atoms with E-state index in [1.165, 1.54) is 0 Å². The first-order chi connectivity index (χ1) is 10.0. The molecule has 5 heteroatoms. The lowest BCUT2D eigenvalue weighted by atomic mass is 10.0. The third-order valence-electron chi connectivity index (χ3n) is 3.14. The van der Waals surface area contributed by atoms with Gasteiger partial charge in [0.2, 0.25) is 11.8 Å². The molecule has 2 amide bonds. The Balaban J connectivity index is 4.07. The number of amides is 2. The lowest BCUT2D eigenvalue weighted by Crippen LogP contribution is -2.45. The number of hydrogen-bond acceptors (Lipinski definition) is 3. The number of carbonyl (C=O) groups excluding carboxylic acids is 3. The minimum absolute atomic E-state index is 0.0255. The summed E-state index contributed by atoms with van der Waals surface area (Å²) < 4.78 is 0. The summed E-state index contributed by atoms with van der Waals surface area (Å²) in [5.41, 5.74) is 5.23. The van der Waals surface area contributed by atoms with Crippen molar-refractivity contribution in [1.82, 2.24) is 5.32 Å². The average molecular weight is 294 g/mol. The molecule has 1 atom stereocenters. The molecule has 0 aromatic carbocycles. The van der Waals surface area contributed by atoms with E-state index in [-0.39, 0.29) is 18.1 Å². The maximum Gasteiger partial charge on any atom is 0.240 e. The number of ketones is 1. The first-order valence-corrected chi connectivity index (χ1v) is 7.55. The van der Waals surface area contributed by atoms with Gasteiger partial charge in [0.05, 0.1) is 0 Å². The van der Waals surface area contributed by atoms with Gasteiger partial charge in [0.15, 0.2) is 0 Å². The van der Waals surface area contributed by atoms with Crippen molar-refractivity contribution in [2.24, 2.45) is 5.73 Å². The van der Waals surface area contributed by atoms with Gasteiger partial charge in [-0.25, -0.2) is 0 Å². The highest BCUT2D eigenvalue weighted by Gasteiger charge is 2.20. The number of carbonyl (C=O) groups is 3. The predicted octanol–water partition coefficient (Wildman–Crippen LogP) is 1.69. The van der Waals surface area contributed by atoms with Gasteiger partial charge in [0.25, 0.3) is 0 Å². The van der Waals surface area contributed by atoms with Crippen LogP contribution in [0.5, 0.6) is 0 Å². The third-order valence-corrected chi connectivity index (χ3v) is 3.14. The first-order valence-electron chi connectivity index (χ1n) is 7.55. The van der Waals surface area contributed by atoms with Crippen LogP contribution in [0.3, 0.4) is 0 Å². The van der Waals surface area contributed by atoms with Crippen LogP contribution in [0.2, 0.25) is 0 Å². The molecule has 1 unspecified atom stereocenters. The van der Waals surface area contributed by atoms with Crippen LogP contribution in [0.1, 0.15) is 64.7 Å². The van der Waals surface area contributed by atoms with Crippen molar-refractivity contribution >= 4 is 17.6 Å². The molecule has 0 radical (unpaired) electrons. The number of rotatable bonds is 12. The number of unbranched alkanes of at least 4 members (excludes halogenated alkanes) is 4. The molecule has 0 bridgehead atoms. The largest absolute Gasteiger partial charge is 0.368 e. The second-order valence-electron chi connectivity index (χ2n) is 5.13. The minimum Gasteiger partial charge on any atom is -0.368 e. The van der Waals surface area contributed by atoms with Crippen LogP contribution in [-0.2, 0) is 14.4 Å². The fourth-order valence-corrected chi connectivity index (χ4v) is 1.88. The number of hydrogen-bond donors (Lipinski definition) is 2. The van der Waals surface area contributed by atoms with E-state index in [4.69, 9.17) is 12.2 Å². The lowest BCUT2D eigenvalue weighted by molar-refractivity contribution is -0.129. The van der Waals surface area contributed by atoms with Crippen LogP contribution in [-0.4, -0.2) is 23.6 Å². The summed E-state index contributed by atoms with van der Waals surface area (Å²) in [5.74, 6) is 1.59. The van der Waals surface area contributed by atoms with Crippen LogP contribution in [0.15, 0.2) is 0 Å². The molecule has 0 aromatic heterocycles. The van der Waals surface area contributed by atoms with Gasteiger partial charge >= 0.3 is 0 Å². The fourth-order valence-electron chi connectivity index (χ4n) is 1.88. The number of nitrogens with two attached hydrogens (primary N) is 1. The Kier molecular flexibility index (Phi) is 10.9. The molecule has 0 saturated carbocycles. The summed E-state index contributed by atoms with van der Waals surface area (Å²) in [4.78, 5) is 34.7. The number of nitrogens with one attached hydrogen (secondary N) is 1. The number of terminal acetylenes is 1. The molecule has 0 aliphatic rings. The Bertz CT molecular complexity index is 385. The molecule has 0 heterocycles. The Morgan fingerprint density at radius 3 is 2.43 bits per heavy atom. The van der Waals surface area contributed by atoms with Crippen LogP contribution in [0, 0.1) is 12.3 Å². The molecule has 0 aromatic rings. The van der Waals surface area contributed by atoms with E-state index in [2.05, 4.69) is 11.2 Å². The molecule has 0 fully saturated rings. The second-order valence-corrected chi connectivity index (χ2v) is 5.13. The Hall–Kier alpha value is -1.83. The van der Waals surface area contributed by atoms with Gasteiger partial charge in [-0.15, -0.1) is 12.3 Å². The highest BCUT2D eigenvalue weighted by Crippen LogP contribution is 2.06. The maximum atomic E-state index is 11.8. The van der Waals surface area contributed by atoms with Gasteiger partial charge in [-0.2, -0.15) is 0 Å². The summed E-state index contributed by atoms with van der Waals surface area (Å²) in [6.07, 6.45) is 10.7. The maximum absolute atomic E-state index is 11.8. The summed E-state index contributed by atoms with van der Waals surface area (Å²) in [5, 5.41) is 2.53. The highest BCUT2D eigenvalue weighted by atomic mass is 16.2. The van der Waals surface area contributed by atoms with Gasteiger partial charge in [-0.05, 0) is 19.3 Å². The van der Waals surface area contributed by atoms with Crippen molar-refractivity contribution in [3.8, 4) is 12.3 Å².